The van der Waals surface area contributed by atoms with E-state index in [4.69, 9.17) is 0 Å². The maximum absolute atomic E-state index is 14.1. The molecule has 0 aliphatic rings. The molecule has 1 N–H and O–H groups in total. The van der Waals surface area contributed by atoms with Crippen LogP contribution in [0.3, 0.4) is 0 Å². The highest BCUT2D eigenvalue weighted by atomic mass is 32.1. The van der Waals surface area contributed by atoms with E-state index in [1.54, 1.807) is 11.3 Å². The summed E-state index contributed by atoms with van der Waals surface area (Å²) in [5.41, 5.74) is 1.25. The Labute approximate surface area is 126 Å². The summed E-state index contributed by atoms with van der Waals surface area (Å²) in [6.45, 7) is 6.63. The molecular formula is C16H18F3NS. The molecule has 2 rings (SSSR count). The monoisotopic (exact) mass is 313 g/mol. The lowest BCUT2D eigenvalue weighted by atomic mass is 10.0. The third kappa shape index (κ3) is 3.47. The number of benzene rings is 1. The summed E-state index contributed by atoms with van der Waals surface area (Å²) in [6.07, 6.45) is 0.866. The molecular weight excluding hydrogens is 295 g/mol. The van der Waals surface area contributed by atoms with Gasteiger partial charge in [0.1, 0.15) is 5.82 Å². The minimum absolute atomic E-state index is 0.142. The normalized spacial score (nSPS) is 12.7. The van der Waals surface area contributed by atoms with E-state index in [1.165, 1.54) is 0 Å². The second-order valence-electron chi connectivity index (χ2n) is 5.06. The standard InChI is InChI=1S/C16H18F3NS/c1-4-5-20-16(15-6-9(2)10(3)21-15)11-7-13(18)14(19)8-12(11)17/h6-8,16,20H,4-5H2,1-3H3. The first-order valence-electron chi connectivity index (χ1n) is 6.88. The molecule has 21 heavy (non-hydrogen) atoms. The molecule has 0 amide bonds. The molecule has 1 aromatic carbocycles. The zero-order valence-electron chi connectivity index (χ0n) is 12.3. The number of rotatable bonds is 5. The van der Waals surface area contributed by atoms with Gasteiger partial charge in [-0.2, -0.15) is 0 Å². The van der Waals surface area contributed by atoms with Crippen molar-refractivity contribution in [3.05, 3.63) is 56.5 Å². The predicted molar refractivity (Wildman–Crippen MR) is 80.2 cm³/mol. The first kappa shape index (κ1) is 16.0. The molecule has 1 heterocycles. The topological polar surface area (TPSA) is 12.0 Å². The lowest BCUT2D eigenvalue weighted by Crippen LogP contribution is -2.23. The van der Waals surface area contributed by atoms with Crippen LogP contribution in [0.5, 0.6) is 0 Å². The molecule has 1 nitrogen and oxygen atoms in total. The van der Waals surface area contributed by atoms with Gasteiger partial charge in [-0.05, 0) is 44.5 Å². The highest BCUT2D eigenvalue weighted by Gasteiger charge is 2.22. The molecule has 0 saturated carbocycles. The van der Waals surface area contributed by atoms with E-state index in [0.717, 1.165) is 27.8 Å². The second-order valence-corrected chi connectivity index (χ2v) is 6.35. The van der Waals surface area contributed by atoms with Crippen molar-refractivity contribution in [3.8, 4) is 0 Å². The summed E-state index contributed by atoms with van der Waals surface area (Å²) in [6, 6.07) is 3.06. The molecule has 2 aromatic rings. The van der Waals surface area contributed by atoms with Crippen molar-refractivity contribution in [2.24, 2.45) is 0 Å². The molecule has 0 aliphatic heterocycles. The Bertz CT molecular complexity index is 617. The Kier molecular flexibility index (Phi) is 5.06. The van der Waals surface area contributed by atoms with Crippen molar-refractivity contribution in [3.63, 3.8) is 0 Å². The fraction of sp³-hybridized carbons (Fsp3) is 0.375. The van der Waals surface area contributed by atoms with Crippen LogP contribution in [0.1, 0.15) is 40.3 Å². The third-order valence-corrected chi connectivity index (χ3v) is 4.64. The maximum Gasteiger partial charge on any atom is 0.161 e. The first-order valence-corrected chi connectivity index (χ1v) is 7.70. The molecule has 0 saturated heterocycles. The van der Waals surface area contributed by atoms with Crippen LogP contribution in [-0.2, 0) is 0 Å². The van der Waals surface area contributed by atoms with Crippen molar-refractivity contribution >= 4 is 11.3 Å². The third-order valence-electron chi connectivity index (χ3n) is 3.42. The zero-order chi connectivity index (χ0) is 15.6. The van der Waals surface area contributed by atoms with Crippen molar-refractivity contribution in [1.82, 2.24) is 5.32 Å². The SMILES string of the molecule is CCCNC(c1cc(C)c(C)s1)c1cc(F)c(F)cc1F. The van der Waals surface area contributed by atoms with Gasteiger partial charge in [-0.1, -0.05) is 6.92 Å². The smallest absolute Gasteiger partial charge is 0.161 e. The van der Waals surface area contributed by atoms with Crippen LogP contribution in [0.25, 0.3) is 0 Å². The van der Waals surface area contributed by atoms with Gasteiger partial charge in [0.15, 0.2) is 11.6 Å². The van der Waals surface area contributed by atoms with Crippen LogP contribution in [0, 0.1) is 31.3 Å². The molecule has 1 unspecified atom stereocenters. The number of nitrogens with one attached hydrogen (secondary N) is 1. The van der Waals surface area contributed by atoms with E-state index >= 15 is 0 Å². The maximum atomic E-state index is 14.1. The number of halogens is 3. The summed E-state index contributed by atoms with van der Waals surface area (Å²) >= 11 is 1.54. The van der Waals surface area contributed by atoms with Crippen molar-refractivity contribution in [2.75, 3.05) is 6.54 Å². The summed E-state index contributed by atoms with van der Waals surface area (Å²) in [5, 5.41) is 3.21. The minimum Gasteiger partial charge on any atom is -0.306 e. The first-order chi connectivity index (χ1) is 9.93. The van der Waals surface area contributed by atoms with Crippen molar-refractivity contribution < 1.29 is 13.2 Å². The Morgan fingerprint density at radius 3 is 2.29 bits per heavy atom. The summed E-state index contributed by atoms with van der Waals surface area (Å²) < 4.78 is 40.6. The molecule has 114 valence electrons. The van der Waals surface area contributed by atoms with E-state index in [0.29, 0.717) is 12.6 Å². The minimum atomic E-state index is -1.16. The van der Waals surface area contributed by atoms with E-state index in [2.05, 4.69) is 5.32 Å². The van der Waals surface area contributed by atoms with Gasteiger partial charge in [0.25, 0.3) is 0 Å². The average Bonchev–Trinajstić information content (AvgIpc) is 2.75. The van der Waals surface area contributed by atoms with Crippen LogP contribution in [0.4, 0.5) is 13.2 Å². The van der Waals surface area contributed by atoms with E-state index < -0.39 is 23.5 Å². The highest BCUT2D eigenvalue weighted by molar-refractivity contribution is 7.12. The molecule has 1 atom stereocenters. The number of thiophene rings is 1. The van der Waals surface area contributed by atoms with Gasteiger partial charge in [-0.25, -0.2) is 13.2 Å². The van der Waals surface area contributed by atoms with E-state index in [1.807, 2.05) is 26.8 Å². The highest BCUT2D eigenvalue weighted by Crippen LogP contribution is 2.32. The number of aryl methyl sites for hydroxylation is 2. The van der Waals surface area contributed by atoms with Crippen molar-refractivity contribution in [1.29, 1.82) is 0 Å². The van der Waals surface area contributed by atoms with Crippen LogP contribution < -0.4 is 5.32 Å². The fourth-order valence-corrected chi connectivity index (χ4v) is 3.29. The van der Waals surface area contributed by atoms with E-state index in [9.17, 15) is 13.2 Å². The fourth-order valence-electron chi connectivity index (χ4n) is 2.16. The Morgan fingerprint density at radius 1 is 1.05 bits per heavy atom. The summed E-state index contributed by atoms with van der Waals surface area (Å²) in [5.74, 6) is -2.92. The molecule has 5 heteroatoms. The van der Waals surface area contributed by atoms with Gasteiger partial charge in [-0.3, -0.25) is 0 Å². The van der Waals surface area contributed by atoms with Crippen molar-refractivity contribution in [2.45, 2.75) is 33.2 Å². The lowest BCUT2D eigenvalue weighted by molar-refractivity contribution is 0.480. The lowest BCUT2D eigenvalue weighted by Gasteiger charge is -2.18. The summed E-state index contributed by atoms with van der Waals surface area (Å²) in [7, 11) is 0. The Morgan fingerprint density at radius 2 is 1.71 bits per heavy atom. The van der Waals surface area contributed by atoms with Crippen LogP contribution >= 0.6 is 11.3 Å². The molecule has 1 aromatic heterocycles. The zero-order valence-corrected chi connectivity index (χ0v) is 13.1. The van der Waals surface area contributed by atoms with Gasteiger partial charge in [0.2, 0.25) is 0 Å². The molecule has 0 fully saturated rings. The second kappa shape index (κ2) is 6.62. The largest absolute Gasteiger partial charge is 0.306 e. The average molecular weight is 313 g/mol. The predicted octanol–water partition coefficient (Wildman–Crippen LogP) is 4.87. The van der Waals surface area contributed by atoms with Crippen LogP contribution in [-0.4, -0.2) is 6.54 Å². The quantitative estimate of drug-likeness (QED) is 0.776. The molecule has 0 radical (unpaired) electrons. The van der Waals surface area contributed by atoms with Gasteiger partial charge in [0, 0.05) is 21.4 Å². The number of hydrogen-bond acceptors (Lipinski definition) is 2. The molecule has 0 spiro atoms. The molecule has 0 bridgehead atoms. The van der Waals surface area contributed by atoms with Crippen LogP contribution in [0.15, 0.2) is 18.2 Å². The van der Waals surface area contributed by atoms with Gasteiger partial charge in [0.05, 0.1) is 6.04 Å². The summed E-state index contributed by atoms with van der Waals surface area (Å²) in [4.78, 5) is 2.04. The van der Waals surface area contributed by atoms with Gasteiger partial charge in [-0.15, -0.1) is 11.3 Å². The Hall–Kier alpha value is -1.33. The van der Waals surface area contributed by atoms with Crippen LogP contribution in [0.2, 0.25) is 0 Å². The Balaban J connectivity index is 2.47. The van der Waals surface area contributed by atoms with Gasteiger partial charge < -0.3 is 5.32 Å². The van der Waals surface area contributed by atoms with E-state index in [-0.39, 0.29) is 5.56 Å². The molecule has 0 aliphatic carbocycles. The van der Waals surface area contributed by atoms with Gasteiger partial charge >= 0.3 is 0 Å². The number of hydrogen-bond donors (Lipinski definition) is 1.